The number of carbonyl (C=O) groups is 2. The van der Waals surface area contributed by atoms with Crippen LogP contribution in [0.5, 0.6) is 0 Å². The quantitative estimate of drug-likeness (QED) is 0.759. The van der Waals surface area contributed by atoms with E-state index < -0.39 is 6.10 Å². The van der Waals surface area contributed by atoms with Crippen molar-refractivity contribution in [2.75, 3.05) is 6.54 Å². The highest BCUT2D eigenvalue weighted by molar-refractivity contribution is 5.98. The Kier molecular flexibility index (Phi) is 3.52. The summed E-state index contributed by atoms with van der Waals surface area (Å²) in [6.07, 6.45) is 5.41. The Hall–Kier alpha value is -0.900. The van der Waals surface area contributed by atoms with E-state index in [0.29, 0.717) is 25.8 Å². The van der Waals surface area contributed by atoms with Gasteiger partial charge in [0.2, 0.25) is 11.8 Å². The minimum atomic E-state index is -0.460. The second kappa shape index (κ2) is 4.77. The molecule has 0 aromatic carbocycles. The summed E-state index contributed by atoms with van der Waals surface area (Å²) in [5, 5.41) is 9.21. The number of hydrogen-bond donors (Lipinski definition) is 1. The first-order valence-corrected chi connectivity index (χ1v) is 6.54. The van der Waals surface area contributed by atoms with Crippen LogP contribution in [0, 0.1) is 5.41 Å². The summed E-state index contributed by atoms with van der Waals surface area (Å²) in [6, 6.07) is 0. The fraction of sp³-hybridized carbons (Fsp3) is 0.846. The third kappa shape index (κ3) is 2.68. The van der Waals surface area contributed by atoms with Crippen LogP contribution < -0.4 is 0 Å². The number of imide groups is 1. The molecule has 17 heavy (non-hydrogen) atoms. The maximum atomic E-state index is 12.0. The van der Waals surface area contributed by atoms with Gasteiger partial charge >= 0.3 is 0 Å². The molecule has 2 rings (SSSR count). The highest BCUT2D eigenvalue weighted by Gasteiger charge is 2.44. The molecule has 1 atom stereocenters. The fourth-order valence-corrected chi connectivity index (χ4v) is 3.08. The molecule has 4 nitrogen and oxygen atoms in total. The van der Waals surface area contributed by atoms with Gasteiger partial charge in [0.25, 0.3) is 0 Å². The van der Waals surface area contributed by atoms with Gasteiger partial charge in [-0.1, -0.05) is 12.8 Å². The molecule has 4 heteroatoms. The Morgan fingerprint density at radius 3 is 2.24 bits per heavy atom. The van der Waals surface area contributed by atoms with E-state index in [2.05, 4.69) is 0 Å². The SMILES string of the molecule is CC(O)CCN1C(=O)CC2(CCCC2)CC1=O. The Morgan fingerprint density at radius 2 is 1.76 bits per heavy atom. The van der Waals surface area contributed by atoms with Gasteiger partial charge in [0.05, 0.1) is 6.10 Å². The topological polar surface area (TPSA) is 57.6 Å². The molecule has 96 valence electrons. The third-order valence-corrected chi connectivity index (χ3v) is 4.09. The highest BCUT2D eigenvalue weighted by Crippen LogP contribution is 2.46. The summed E-state index contributed by atoms with van der Waals surface area (Å²) in [5.74, 6) is -0.0763. The van der Waals surface area contributed by atoms with Crippen LogP contribution in [0.4, 0.5) is 0 Å². The van der Waals surface area contributed by atoms with Gasteiger partial charge in [-0.2, -0.15) is 0 Å². The molecule has 1 unspecified atom stereocenters. The van der Waals surface area contributed by atoms with Gasteiger partial charge in [-0.25, -0.2) is 0 Å². The molecular formula is C13H21NO3. The molecule has 1 aliphatic heterocycles. The molecule has 1 aliphatic carbocycles. The molecule has 0 aromatic rings. The summed E-state index contributed by atoms with van der Waals surface area (Å²) in [6.45, 7) is 2.04. The summed E-state index contributed by atoms with van der Waals surface area (Å²) in [5.41, 5.74) is -0.0184. The van der Waals surface area contributed by atoms with Gasteiger partial charge in [0.1, 0.15) is 0 Å². The Morgan fingerprint density at radius 1 is 1.24 bits per heavy atom. The minimum absolute atomic E-state index is 0.0184. The fourth-order valence-electron chi connectivity index (χ4n) is 3.08. The van der Waals surface area contributed by atoms with E-state index in [9.17, 15) is 14.7 Å². The standard InChI is InChI=1S/C13H21NO3/c1-10(15)4-7-14-11(16)8-13(9-12(14)17)5-2-3-6-13/h10,15H,2-9H2,1H3. The van der Waals surface area contributed by atoms with Gasteiger partial charge in [-0.3, -0.25) is 14.5 Å². The number of amides is 2. The van der Waals surface area contributed by atoms with E-state index in [-0.39, 0.29) is 17.2 Å². The lowest BCUT2D eigenvalue weighted by atomic mass is 9.76. The summed E-state index contributed by atoms with van der Waals surface area (Å²) < 4.78 is 0. The normalized spacial score (nSPS) is 25.6. The van der Waals surface area contributed by atoms with Crippen LogP contribution in [0.25, 0.3) is 0 Å². The largest absolute Gasteiger partial charge is 0.393 e. The van der Waals surface area contributed by atoms with Crippen LogP contribution in [0.2, 0.25) is 0 Å². The van der Waals surface area contributed by atoms with Crippen molar-refractivity contribution in [2.45, 2.75) is 58.0 Å². The predicted molar refractivity (Wildman–Crippen MR) is 63.2 cm³/mol. The van der Waals surface area contributed by atoms with E-state index in [1.54, 1.807) is 6.92 Å². The molecule has 1 N–H and O–H groups in total. The molecule has 0 bridgehead atoms. The van der Waals surface area contributed by atoms with Crippen LogP contribution in [-0.4, -0.2) is 34.5 Å². The van der Waals surface area contributed by atoms with Crippen molar-refractivity contribution in [1.82, 2.24) is 4.90 Å². The molecule has 0 radical (unpaired) electrons. The lowest BCUT2D eigenvalue weighted by molar-refractivity contribution is -0.153. The number of nitrogens with zero attached hydrogens (tertiary/aromatic N) is 1. The number of aliphatic hydroxyl groups is 1. The van der Waals surface area contributed by atoms with E-state index in [4.69, 9.17) is 0 Å². The van der Waals surface area contributed by atoms with E-state index >= 15 is 0 Å². The molecule has 1 saturated heterocycles. The van der Waals surface area contributed by atoms with Crippen LogP contribution in [0.1, 0.15) is 51.9 Å². The van der Waals surface area contributed by atoms with Crippen molar-refractivity contribution < 1.29 is 14.7 Å². The minimum Gasteiger partial charge on any atom is -0.393 e. The predicted octanol–water partition coefficient (Wildman–Crippen LogP) is 1.47. The number of likely N-dealkylation sites (tertiary alicyclic amines) is 1. The van der Waals surface area contributed by atoms with Crippen LogP contribution in [0.3, 0.4) is 0 Å². The molecule has 1 saturated carbocycles. The van der Waals surface area contributed by atoms with Crippen molar-refractivity contribution in [1.29, 1.82) is 0 Å². The number of hydrogen-bond acceptors (Lipinski definition) is 3. The lowest BCUT2D eigenvalue weighted by Gasteiger charge is -2.37. The zero-order valence-electron chi connectivity index (χ0n) is 10.4. The van der Waals surface area contributed by atoms with Gasteiger partial charge in [-0.05, 0) is 31.6 Å². The highest BCUT2D eigenvalue weighted by atomic mass is 16.3. The van der Waals surface area contributed by atoms with E-state index in [1.807, 2.05) is 0 Å². The van der Waals surface area contributed by atoms with Gasteiger partial charge in [0.15, 0.2) is 0 Å². The Balaban J connectivity index is 1.98. The van der Waals surface area contributed by atoms with Crippen LogP contribution >= 0.6 is 0 Å². The zero-order valence-corrected chi connectivity index (χ0v) is 10.4. The second-order valence-electron chi connectivity index (χ2n) is 5.64. The maximum absolute atomic E-state index is 12.0. The average molecular weight is 239 g/mol. The number of aliphatic hydroxyl groups excluding tert-OH is 1. The first-order valence-electron chi connectivity index (χ1n) is 6.54. The number of carbonyl (C=O) groups excluding carboxylic acids is 2. The molecule has 1 heterocycles. The first-order chi connectivity index (χ1) is 8.02. The van der Waals surface area contributed by atoms with Crippen LogP contribution in [-0.2, 0) is 9.59 Å². The van der Waals surface area contributed by atoms with Crippen molar-refractivity contribution in [3.63, 3.8) is 0 Å². The molecule has 0 aromatic heterocycles. The molecular weight excluding hydrogens is 218 g/mol. The van der Waals surface area contributed by atoms with Gasteiger partial charge in [-0.15, -0.1) is 0 Å². The lowest BCUT2D eigenvalue weighted by Crippen LogP contribution is -2.47. The van der Waals surface area contributed by atoms with Gasteiger partial charge < -0.3 is 5.11 Å². The summed E-state index contributed by atoms with van der Waals surface area (Å²) in [4.78, 5) is 25.3. The summed E-state index contributed by atoms with van der Waals surface area (Å²) >= 11 is 0. The number of piperidine rings is 1. The third-order valence-electron chi connectivity index (χ3n) is 4.09. The van der Waals surface area contributed by atoms with Crippen molar-refractivity contribution in [3.8, 4) is 0 Å². The molecule has 2 amide bonds. The van der Waals surface area contributed by atoms with Crippen molar-refractivity contribution >= 4 is 11.8 Å². The average Bonchev–Trinajstić information content (AvgIpc) is 2.64. The van der Waals surface area contributed by atoms with Crippen LogP contribution in [0.15, 0.2) is 0 Å². The van der Waals surface area contributed by atoms with Crippen molar-refractivity contribution in [2.24, 2.45) is 5.41 Å². The van der Waals surface area contributed by atoms with Crippen molar-refractivity contribution in [3.05, 3.63) is 0 Å². The monoisotopic (exact) mass is 239 g/mol. The smallest absolute Gasteiger partial charge is 0.229 e. The molecule has 2 fully saturated rings. The zero-order chi connectivity index (χ0) is 12.5. The Labute approximate surface area is 102 Å². The molecule has 1 spiro atoms. The maximum Gasteiger partial charge on any atom is 0.229 e. The Bertz CT molecular complexity index is 299. The van der Waals surface area contributed by atoms with E-state index in [0.717, 1.165) is 25.7 Å². The molecule has 2 aliphatic rings. The summed E-state index contributed by atoms with van der Waals surface area (Å²) in [7, 11) is 0. The van der Waals surface area contributed by atoms with Gasteiger partial charge in [0, 0.05) is 19.4 Å². The number of rotatable bonds is 3. The van der Waals surface area contributed by atoms with E-state index in [1.165, 1.54) is 4.90 Å². The first kappa shape index (κ1) is 12.6. The second-order valence-corrected chi connectivity index (χ2v) is 5.64.